The van der Waals surface area contributed by atoms with E-state index in [1.165, 1.54) is 24.8 Å². The summed E-state index contributed by atoms with van der Waals surface area (Å²) in [5.74, 6) is -0.619. The van der Waals surface area contributed by atoms with Gasteiger partial charge in [-0.15, -0.1) is 0 Å². The summed E-state index contributed by atoms with van der Waals surface area (Å²) >= 11 is 0. The first-order chi connectivity index (χ1) is 15.1. The van der Waals surface area contributed by atoms with Crippen molar-refractivity contribution in [1.29, 1.82) is 0 Å². The van der Waals surface area contributed by atoms with Crippen molar-refractivity contribution in [3.8, 4) is 0 Å². The van der Waals surface area contributed by atoms with Crippen LogP contribution in [0.3, 0.4) is 0 Å². The van der Waals surface area contributed by atoms with Crippen LogP contribution in [0.1, 0.15) is 69.9 Å². The highest BCUT2D eigenvalue weighted by Gasteiger charge is 2.49. The summed E-state index contributed by atoms with van der Waals surface area (Å²) in [7, 11) is -3.61. The molecule has 0 aromatic heterocycles. The van der Waals surface area contributed by atoms with Crippen LogP contribution < -0.4 is 5.32 Å². The minimum atomic E-state index is -3.61. The van der Waals surface area contributed by atoms with Crippen molar-refractivity contribution in [1.82, 2.24) is 14.5 Å². The molecule has 1 saturated carbocycles. The highest BCUT2D eigenvalue weighted by molar-refractivity contribution is 7.88. The van der Waals surface area contributed by atoms with Crippen LogP contribution in [-0.4, -0.2) is 60.4 Å². The van der Waals surface area contributed by atoms with Crippen LogP contribution in [0.2, 0.25) is 0 Å². The zero-order valence-corrected chi connectivity index (χ0v) is 20.4. The number of rotatable bonds is 6. The third-order valence-corrected chi connectivity index (χ3v) is 8.06. The second-order valence-corrected chi connectivity index (χ2v) is 11.5. The smallest absolute Gasteiger partial charge is 0.247 e. The number of aryl methyl sites for hydroxylation is 1. The topological polar surface area (TPSA) is 86.8 Å². The number of sulfonamides is 1. The zero-order chi connectivity index (χ0) is 23.4. The van der Waals surface area contributed by atoms with E-state index in [0.29, 0.717) is 0 Å². The largest absolute Gasteiger partial charge is 0.351 e. The average Bonchev–Trinajstić information content (AvgIpc) is 2.72. The molecule has 1 aliphatic carbocycles. The Morgan fingerprint density at radius 2 is 1.62 bits per heavy atom. The van der Waals surface area contributed by atoms with Crippen molar-refractivity contribution < 1.29 is 18.0 Å². The molecule has 2 amide bonds. The predicted molar refractivity (Wildman–Crippen MR) is 125 cm³/mol. The molecule has 1 N–H and O–H groups in total. The van der Waals surface area contributed by atoms with Crippen LogP contribution >= 0.6 is 0 Å². The molecule has 0 radical (unpaired) electrons. The molecular weight excluding hydrogens is 426 g/mol. The number of piperazine rings is 1. The van der Waals surface area contributed by atoms with Gasteiger partial charge >= 0.3 is 0 Å². The van der Waals surface area contributed by atoms with Gasteiger partial charge in [0.1, 0.15) is 5.54 Å². The molecule has 1 aromatic rings. The quantitative estimate of drug-likeness (QED) is 0.703. The lowest BCUT2D eigenvalue weighted by atomic mass is 9.92. The van der Waals surface area contributed by atoms with E-state index in [2.05, 4.69) is 12.2 Å². The van der Waals surface area contributed by atoms with E-state index in [-0.39, 0.29) is 37.5 Å². The number of carbonyl (C=O) groups excluding carboxylic acids is 2. The Hall–Kier alpha value is -1.93. The molecule has 1 aromatic carbocycles. The molecule has 3 rings (SSSR count). The van der Waals surface area contributed by atoms with E-state index in [1.54, 1.807) is 11.8 Å². The van der Waals surface area contributed by atoms with Crippen molar-refractivity contribution >= 4 is 21.8 Å². The second kappa shape index (κ2) is 10.3. The van der Waals surface area contributed by atoms with Gasteiger partial charge in [0, 0.05) is 19.1 Å². The van der Waals surface area contributed by atoms with Crippen LogP contribution in [0, 0.1) is 0 Å². The van der Waals surface area contributed by atoms with Crippen molar-refractivity contribution in [2.75, 3.05) is 19.3 Å². The van der Waals surface area contributed by atoms with Gasteiger partial charge in [0.25, 0.3) is 0 Å². The van der Waals surface area contributed by atoms with Crippen LogP contribution in [0.5, 0.6) is 0 Å². The summed E-state index contributed by atoms with van der Waals surface area (Å²) in [6.45, 7) is 3.77. The lowest BCUT2D eigenvalue weighted by Crippen LogP contribution is -2.69. The molecular formula is C24H37N3O4S. The molecule has 178 valence electrons. The first-order valence-electron chi connectivity index (χ1n) is 11.8. The molecule has 2 aliphatic rings. The van der Waals surface area contributed by atoms with E-state index in [1.807, 2.05) is 24.3 Å². The van der Waals surface area contributed by atoms with E-state index in [9.17, 15) is 18.0 Å². The fourth-order valence-corrected chi connectivity index (χ4v) is 5.52. The molecule has 1 atom stereocenters. The van der Waals surface area contributed by atoms with Crippen molar-refractivity contribution in [2.24, 2.45) is 0 Å². The van der Waals surface area contributed by atoms with E-state index >= 15 is 0 Å². The molecule has 0 spiro atoms. The summed E-state index contributed by atoms with van der Waals surface area (Å²) in [5, 5.41) is 3.17. The van der Waals surface area contributed by atoms with Crippen LogP contribution in [0.15, 0.2) is 24.3 Å². The standard InChI is InChI=1S/C24H37N3O4S/c1-4-19-12-14-20(15-13-19)16-27-22(28)17-26(32(3,30)31)18-24(27,2)23(29)25-21-10-8-6-5-7-9-11-21/h12-15,21H,4-11,16-18H2,1-3H3,(H,25,29). The van der Waals surface area contributed by atoms with E-state index < -0.39 is 15.6 Å². The fourth-order valence-electron chi connectivity index (χ4n) is 4.69. The number of hydrogen-bond donors (Lipinski definition) is 1. The maximum Gasteiger partial charge on any atom is 0.247 e. The highest BCUT2D eigenvalue weighted by Crippen LogP contribution is 2.28. The fraction of sp³-hybridized carbons (Fsp3) is 0.667. The maximum absolute atomic E-state index is 13.6. The van der Waals surface area contributed by atoms with Crippen LogP contribution in [0.4, 0.5) is 0 Å². The monoisotopic (exact) mass is 463 g/mol. The second-order valence-electron chi connectivity index (χ2n) is 9.47. The molecule has 1 unspecified atom stereocenters. The van der Waals surface area contributed by atoms with Crippen molar-refractivity contribution in [3.05, 3.63) is 35.4 Å². The minimum absolute atomic E-state index is 0.0385. The Morgan fingerprint density at radius 3 is 2.19 bits per heavy atom. The summed E-state index contributed by atoms with van der Waals surface area (Å²) in [6, 6.07) is 8.07. The summed E-state index contributed by atoms with van der Waals surface area (Å²) in [6.07, 6.45) is 9.58. The van der Waals surface area contributed by atoms with E-state index in [0.717, 1.165) is 48.2 Å². The lowest BCUT2D eigenvalue weighted by Gasteiger charge is -2.47. The molecule has 8 heteroatoms. The predicted octanol–water partition coefficient (Wildman–Crippen LogP) is 2.84. The SMILES string of the molecule is CCc1ccc(CN2C(=O)CN(S(C)(=O)=O)CC2(C)C(=O)NC2CCCCCCC2)cc1. The van der Waals surface area contributed by atoms with Gasteiger partial charge in [-0.05, 0) is 37.3 Å². The summed E-state index contributed by atoms with van der Waals surface area (Å²) < 4.78 is 25.7. The molecule has 1 saturated heterocycles. The lowest BCUT2D eigenvalue weighted by molar-refractivity contribution is -0.154. The van der Waals surface area contributed by atoms with Crippen LogP contribution in [-0.2, 0) is 32.6 Å². The number of amides is 2. The van der Waals surface area contributed by atoms with Crippen molar-refractivity contribution in [3.63, 3.8) is 0 Å². The third-order valence-electron chi connectivity index (χ3n) is 6.86. The van der Waals surface area contributed by atoms with Crippen molar-refractivity contribution in [2.45, 2.75) is 83.3 Å². The third kappa shape index (κ3) is 5.90. The average molecular weight is 464 g/mol. The molecule has 7 nitrogen and oxygen atoms in total. The maximum atomic E-state index is 13.6. The Balaban J connectivity index is 1.86. The number of carbonyl (C=O) groups is 2. The Labute approximate surface area is 192 Å². The van der Waals surface area contributed by atoms with Gasteiger partial charge in [-0.25, -0.2) is 8.42 Å². The zero-order valence-electron chi connectivity index (χ0n) is 19.6. The first kappa shape index (κ1) is 24.7. The molecule has 32 heavy (non-hydrogen) atoms. The number of benzene rings is 1. The van der Waals surface area contributed by atoms with E-state index in [4.69, 9.17) is 0 Å². The summed E-state index contributed by atoms with van der Waals surface area (Å²) in [4.78, 5) is 28.3. The minimum Gasteiger partial charge on any atom is -0.351 e. The van der Waals surface area contributed by atoms with Crippen LogP contribution in [0.25, 0.3) is 0 Å². The van der Waals surface area contributed by atoms with Gasteiger partial charge in [-0.1, -0.05) is 63.3 Å². The molecule has 1 heterocycles. The van der Waals surface area contributed by atoms with Gasteiger partial charge in [0.05, 0.1) is 12.8 Å². The Kier molecular flexibility index (Phi) is 7.98. The van der Waals surface area contributed by atoms with Gasteiger partial charge in [-0.3, -0.25) is 9.59 Å². The number of hydrogen-bond acceptors (Lipinski definition) is 4. The normalized spacial score (nSPS) is 24.1. The van der Waals surface area contributed by atoms with Gasteiger partial charge < -0.3 is 10.2 Å². The first-order valence-corrected chi connectivity index (χ1v) is 13.6. The highest BCUT2D eigenvalue weighted by atomic mass is 32.2. The Bertz CT molecular complexity index is 908. The molecule has 0 bridgehead atoms. The summed E-state index contributed by atoms with van der Waals surface area (Å²) in [5.41, 5.74) is 0.851. The number of nitrogens with one attached hydrogen (secondary N) is 1. The molecule has 2 fully saturated rings. The van der Waals surface area contributed by atoms with Gasteiger partial charge in [0.15, 0.2) is 0 Å². The Morgan fingerprint density at radius 1 is 1.06 bits per heavy atom. The number of nitrogens with zero attached hydrogens (tertiary/aromatic N) is 2. The molecule has 1 aliphatic heterocycles. The van der Waals surface area contributed by atoms with Gasteiger partial charge in [-0.2, -0.15) is 4.31 Å². The van der Waals surface area contributed by atoms with Gasteiger partial charge in [0.2, 0.25) is 21.8 Å².